The van der Waals surface area contributed by atoms with Crippen molar-refractivity contribution >= 4 is 43.1 Å². The molecule has 0 amide bonds. The lowest BCUT2D eigenvalue weighted by Crippen LogP contribution is -2.11. The Morgan fingerprint density at radius 1 is 1.44 bits per heavy atom. The lowest BCUT2D eigenvalue weighted by Gasteiger charge is -2.01. The van der Waals surface area contributed by atoms with E-state index in [2.05, 4.69) is 30.8 Å². The summed E-state index contributed by atoms with van der Waals surface area (Å²) in [7, 11) is -3.55. The number of hydrogen-bond acceptors (Lipinski definition) is 4. The van der Waals surface area contributed by atoms with Crippen molar-refractivity contribution < 1.29 is 8.42 Å². The number of aromatic amines is 1. The van der Waals surface area contributed by atoms with E-state index in [1.807, 2.05) is 13.8 Å². The SMILES string of the molecule is CC(C)c1cc(NS(=O)(=O)c2ccc(Br)s2)n[nH]1. The molecule has 98 valence electrons. The predicted octanol–water partition coefficient (Wildman–Crippen LogP) is 3.16. The maximum absolute atomic E-state index is 12.0. The number of halogens is 1. The van der Waals surface area contributed by atoms with E-state index in [0.29, 0.717) is 5.82 Å². The largest absolute Gasteiger partial charge is 0.280 e. The van der Waals surface area contributed by atoms with Crippen molar-refractivity contribution in [3.63, 3.8) is 0 Å². The highest BCUT2D eigenvalue weighted by Crippen LogP contribution is 2.27. The fraction of sp³-hybridized carbons (Fsp3) is 0.300. The highest BCUT2D eigenvalue weighted by atomic mass is 79.9. The van der Waals surface area contributed by atoms with Gasteiger partial charge in [0.25, 0.3) is 10.0 Å². The van der Waals surface area contributed by atoms with E-state index >= 15 is 0 Å². The van der Waals surface area contributed by atoms with Gasteiger partial charge in [-0.15, -0.1) is 11.3 Å². The van der Waals surface area contributed by atoms with Gasteiger partial charge in [-0.1, -0.05) is 13.8 Å². The number of hydrogen-bond donors (Lipinski definition) is 2. The minimum atomic E-state index is -3.55. The van der Waals surface area contributed by atoms with Gasteiger partial charge < -0.3 is 0 Å². The number of H-pyrrole nitrogens is 1. The van der Waals surface area contributed by atoms with Crippen molar-refractivity contribution in [2.45, 2.75) is 24.0 Å². The summed E-state index contributed by atoms with van der Waals surface area (Å²) in [4.78, 5) is 0. The average Bonchev–Trinajstić information content (AvgIpc) is 2.86. The highest BCUT2D eigenvalue weighted by Gasteiger charge is 2.18. The summed E-state index contributed by atoms with van der Waals surface area (Å²) in [5.74, 6) is 0.579. The molecule has 2 heterocycles. The Labute approximate surface area is 118 Å². The molecular weight excluding hydrogens is 338 g/mol. The van der Waals surface area contributed by atoms with Crippen LogP contribution in [0, 0.1) is 0 Å². The van der Waals surface area contributed by atoms with E-state index < -0.39 is 10.0 Å². The van der Waals surface area contributed by atoms with Gasteiger partial charge in [0.1, 0.15) is 4.21 Å². The second-order valence-electron chi connectivity index (χ2n) is 4.03. The van der Waals surface area contributed by atoms with Gasteiger partial charge in [-0.05, 0) is 34.0 Å². The summed E-state index contributed by atoms with van der Waals surface area (Å²) in [5.41, 5.74) is 0.889. The standard InChI is InChI=1S/C10H12BrN3O2S2/c1-6(2)7-5-9(13-12-7)14-18(15,16)10-4-3-8(11)17-10/h3-6H,1-2H3,(H2,12,13,14). The number of sulfonamides is 1. The zero-order chi connectivity index (χ0) is 13.3. The van der Waals surface area contributed by atoms with Crippen LogP contribution in [-0.2, 0) is 10.0 Å². The van der Waals surface area contributed by atoms with Gasteiger partial charge in [0, 0.05) is 11.8 Å². The Balaban J connectivity index is 2.22. The Morgan fingerprint density at radius 3 is 2.67 bits per heavy atom. The van der Waals surface area contributed by atoms with E-state index in [4.69, 9.17) is 0 Å². The average molecular weight is 350 g/mol. The summed E-state index contributed by atoms with van der Waals surface area (Å²) in [6.45, 7) is 4.00. The quantitative estimate of drug-likeness (QED) is 0.889. The van der Waals surface area contributed by atoms with Crippen LogP contribution < -0.4 is 4.72 Å². The molecule has 0 spiro atoms. The summed E-state index contributed by atoms with van der Waals surface area (Å²) >= 11 is 4.39. The first kappa shape index (κ1) is 13.6. The van der Waals surface area contributed by atoms with Gasteiger partial charge in [-0.25, -0.2) is 8.42 Å². The molecule has 0 saturated carbocycles. The molecule has 0 fully saturated rings. The number of nitrogens with one attached hydrogen (secondary N) is 2. The molecule has 0 bridgehead atoms. The summed E-state index contributed by atoms with van der Waals surface area (Å²) < 4.78 is 27.5. The third-order valence-electron chi connectivity index (χ3n) is 2.27. The molecule has 0 saturated heterocycles. The van der Waals surface area contributed by atoms with E-state index in [1.165, 1.54) is 0 Å². The van der Waals surface area contributed by atoms with Gasteiger partial charge in [0.2, 0.25) is 0 Å². The highest BCUT2D eigenvalue weighted by molar-refractivity contribution is 9.11. The zero-order valence-electron chi connectivity index (χ0n) is 9.77. The molecule has 0 radical (unpaired) electrons. The van der Waals surface area contributed by atoms with E-state index in [0.717, 1.165) is 20.8 Å². The van der Waals surface area contributed by atoms with Crippen molar-refractivity contribution in [1.29, 1.82) is 0 Å². The van der Waals surface area contributed by atoms with Crippen LogP contribution in [0.1, 0.15) is 25.5 Å². The van der Waals surface area contributed by atoms with E-state index in [9.17, 15) is 8.42 Å². The molecule has 2 aromatic heterocycles. The Bertz CT molecular complexity index is 646. The maximum atomic E-state index is 12.0. The van der Waals surface area contributed by atoms with Crippen LogP contribution in [0.3, 0.4) is 0 Å². The predicted molar refractivity (Wildman–Crippen MR) is 75.5 cm³/mol. The second-order valence-corrected chi connectivity index (χ2v) is 8.40. The van der Waals surface area contributed by atoms with Crippen LogP contribution in [0.2, 0.25) is 0 Å². The topological polar surface area (TPSA) is 74.8 Å². The summed E-state index contributed by atoms with van der Waals surface area (Å²) in [6.07, 6.45) is 0. The molecule has 18 heavy (non-hydrogen) atoms. The van der Waals surface area contributed by atoms with Crippen LogP contribution in [-0.4, -0.2) is 18.6 Å². The maximum Gasteiger partial charge on any atom is 0.272 e. The van der Waals surface area contributed by atoms with E-state index in [1.54, 1.807) is 18.2 Å². The van der Waals surface area contributed by atoms with Crippen molar-refractivity contribution in [2.75, 3.05) is 4.72 Å². The number of aromatic nitrogens is 2. The van der Waals surface area contributed by atoms with Crippen molar-refractivity contribution in [3.05, 3.63) is 27.7 Å². The number of thiophene rings is 1. The monoisotopic (exact) mass is 349 g/mol. The molecule has 5 nitrogen and oxygen atoms in total. The minimum absolute atomic E-state index is 0.253. The number of anilines is 1. The van der Waals surface area contributed by atoms with Crippen LogP contribution >= 0.6 is 27.3 Å². The Morgan fingerprint density at radius 2 is 2.17 bits per heavy atom. The molecule has 8 heteroatoms. The van der Waals surface area contributed by atoms with E-state index in [-0.39, 0.29) is 10.1 Å². The first-order chi connectivity index (χ1) is 8.38. The smallest absolute Gasteiger partial charge is 0.272 e. The molecule has 2 rings (SSSR count). The number of rotatable bonds is 4. The molecule has 0 aliphatic rings. The van der Waals surface area contributed by atoms with Crippen molar-refractivity contribution in [1.82, 2.24) is 10.2 Å². The first-order valence-corrected chi connectivity index (χ1v) is 8.31. The third-order valence-corrected chi connectivity index (χ3v) is 5.74. The second kappa shape index (κ2) is 5.02. The lowest BCUT2D eigenvalue weighted by atomic mass is 10.1. The molecule has 2 N–H and O–H groups in total. The van der Waals surface area contributed by atoms with Gasteiger partial charge in [0.05, 0.1) is 3.79 Å². The van der Waals surface area contributed by atoms with Crippen molar-refractivity contribution in [3.8, 4) is 0 Å². The van der Waals surface area contributed by atoms with Gasteiger partial charge in [-0.2, -0.15) is 5.10 Å². The van der Waals surface area contributed by atoms with Crippen LogP contribution in [0.15, 0.2) is 26.2 Å². The summed E-state index contributed by atoms with van der Waals surface area (Å²) in [5, 5.41) is 6.73. The molecule has 2 aromatic rings. The van der Waals surface area contributed by atoms with Gasteiger partial charge in [0.15, 0.2) is 5.82 Å². The zero-order valence-corrected chi connectivity index (χ0v) is 13.0. The first-order valence-electron chi connectivity index (χ1n) is 5.22. The molecule has 0 unspecified atom stereocenters. The van der Waals surface area contributed by atoms with Crippen LogP contribution in [0.25, 0.3) is 0 Å². The van der Waals surface area contributed by atoms with Crippen molar-refractivity contribution in [2.24, 2.45) is 0 Å². The normalized spacial score (nSPS) is 12.0. The molecular formula is C10H12BrN3O2S2. The summed E-state index contributed by atoms with van der Waals surface area (Å²) in [6, 6.07) is 4.95. The number of nitrogens with zero attached hydrogens (tertiary/aromatic N) is 1. The fourth-order valence-electron chi connectivity index (χ4n) is 1.31. The molecule has 0 aromatic carbocycles. The molecule has 0 atom stereocenters. The van der Waals surface area contributed by atoms with Crippen LogP contribution in [0.4, 0.5) is 5.82 Å². The third kappa shape index (κ3) is 2.93. The molecule has 0 aliphatic heterocycles. The van der Waals surface area contributed by atoms with Crippen LogP contribution in [0.5, 0.6) is 0 Å². The van der Waals surface area contributed by atoms with Gasteiger partial charge >= 0.3 is 0 Å². The van der Waals surface area contributed by atoms with Gasteiger partial charge in [-0.3, -0.25) is 9.82 Å². The minimum Gasteiger partial charge on any atom is -0.280 e. The Hall–Kier alpha value is -0.860. The fourth-order valence-corrected chi connectivity index (χ4v) is 4.32. The Kier molecular flexibility index (Phi) is 3.79. The molecule has 0 aliphatic carbocycles. The lowest BCUT2D eigenvalue weighted by molar-refractivity contribution is 0.603.